The zero-order chi connectivity index (χ0) is 18.7. The van der Waals surface area contributed by atoms with Gasteiger partial charge in [0.25, 0.3) is 0 Å². The first-order valence-corrected chi connectivity index (χ1v) is 8.48. The molecule has 0 radical (unpaired) electrons. The molecule has 8 nitrogen and oxygen atoms in total. The Labute approximate surface area is 152 Å². The fraction of sp³-hybridized carbons (Fsp3) is 0.625. The van der Waals surface area contributed by atoms with Crippen molar-refractivity contribution in [3.8, 4) is 0 Å². The van der Waals surface area contributed by atoms with Crippen LogP contribution in [-0.4, -0.2) is 55.4 Å². The molecule has 0 bridgehead atoms. The molecule has 0 aromatic rings. The Morgan fingerprint density at radius 2 is 1.92 bits per heavy atom. The van der Waals surface area contributed by atoms with Crippen LogP contribution in [0.25, 0.3) is 0 Å². The van der Waals surface area contributed by atoms with Crippen LogP contribution >= 0.6 is 12.2 Å². The van der Waals surface area contributed by atoms with E-state index in [-0.39, 0.29) is 44.2 Å². The van der Waals surface area contributed by atoms with Crippen LogP contribution in [0, 0.1) is 0 Å². The molecule has 1 fully saturated rings. The Morgan fingerprint density at radius 1 is 1.16 bits per heavy atom. The highest BCUT2D eigenvalue weighted by atomic mass is 32.1. The smallest absolute Gasteiger partial charge is 0.333 e. The average molecular weight is 372 g/mol. The van der Waals surface area contributed by atoms with E-state index in [1.165, 1.54) is 0 Å². The minimum Gasteiger partial charge on any atom is -0.466 e. The highest BCUT2D eigenvalue weighted by Gasteiger charge is 2.26. The summed E-state index contributed by atoms with van der Waals surface area (Å²) in [5.74, 6) is -0.904. The number of nitrogens with one attached hydrogen (secondary N) is 2. The minimum absolute atomic E-state index is 0.151. The summed E-state index contributed by atoms with van der Waals surface area (Å²) in [6.45, 7) is 6.10. The highest BCUT2D eigenvalue weighted by molar-refractivity contribution is 7.80. The topological polar surface area (TPSA) is 103 Å². The molecule has 1 heterocycles. The molecule has 1 atom stereocenters. The van der Waals surface area contributed by atoms with Crippen LogP contribution in [-0.2, 0) is 28.6 Å². The van der Waals surface area contributed by atoms with E-state index in [0.717, 1.165) is 0 Å². The van der Waals surface area contributed by atoms with Crippen molar-refractivity contribution in [2.24, 2.45) is 0 Å². The summed E-state index contributed by atoms with van der Waals surface area (Å²) in [5.41, 5.74) is 0.342. The van der Waals surface area contributed by atoms with Crippen molar-refractivity contribution < 1.29 is 28.6 Å². The van der Waals surface area contributed by atoms with Crippen molar-refractivity contribution in [1.29, 1.82) is 0 Å². The average Bonchev–Trinajstić information content (AvgIpc) is 2.87. The molecule has 0 aromatic carbocycles. The predicted molar refractivity (Wildman–Crippen MR) is 93.7 cm³/mol. The van der Waals surface area contributed by atoms with E-state index in [1.807, 2.05) is 0 Å². The lowest BCUT2D eigenvalue weighted by atomic mass is 10.1. The molecule has 0 aliphatic carbocycles. The maximum Gasteiger partial charge on any atom is 0.333 e. The molecule has 1 aliphatic rings. The molecule has 0 saturated carbocycles. The standard InChI is InChI=1S/C16H24N2O6S/c1-11(2)15(21)24-10-9-22-7-4-6-13(19)23-8-3-5-12-14(20)18-16(25)17-12/h12H,1,3-10H2,2H3,(H2,17,18,20,25). The van der Waals surface area contributed by atoms with E-state index in [2.05, 4.69) is 17.2 Å². The van der Waals surface area contributed by atoms with E-state index in [0.29, 0.717) is 36.6 Å². The summed E-state index contributed by atoms with van der Waals surface area (Å²) in [4.78, 5) is 34.0. The van der Waals surface area contributed by atoms with Crippen molar-refractivity contribution in [3.05, 3.63) is 12.2 Å². The Morgan fingerprint density at radius 3 is 2.56 bits per heavy atom. The number of thiocarbonyl (C=S) groups is 1. The van der Waals surface area contributed by atoms with Crippen LogP contribution in [0.3, 0.4) is 0 Å². The Bertz CT molecular complexity index is 523. The predicted octanol–water partition coefficient (Wildman–Crippen LogP) is 0.599. The van der Waals surface area contributed by atoms with Crippen LogP contribution in [0.4, 0.5) is 0 Å². The molecule has 1 unspecified atom stereocenters. The van der Waals surface area contributed by atoms with Gasteiger partial charge in [0.2, 0.25) is 5.91 Å². The summed E-state index contributed by atoms with van der Waals surface area (Å²) < 4.78 is 15.2. The maximum absolute atomic E-state index is 11.5. The third-order valence-corrected chi connectivity index (χ3v) is 3.46. The van der Waals surface area contributed by atoms with Gasteiger partial charge in [0, 0.05) is 18.6 Å². The van der Waals surface area contributed by atoms with Crippen LogP contribution in [0.2, 0.25) is 0 Å². The molecular weight excluding hydrogens is 348 g/mol. The molecule has 1 rings (SSSR count). The van der Waals surface area contributed by atoms with E-state index in [4.69, 9.17) is 26.4 Å². The lowest BCUT2D eigenvalue weighted by Crippen LogP contribution is -2.29. The number of carbonyl (C=O) groups excluding carboxylic acids is 3. The molecule has 0 spiro atoms. The van der Waals surface area contributed by atoms with Gasteiger partial charge in [-0.15, -0.1) is 0 Å². The van der Waals surface area contributed by atoms with Gasteiger partial charge in [-0.05, 0) is 38.4 Å². The number of esters is 2. The first-order valence-electron chi connectivity index (χ1n) is 8.07. The van der Waals surface area contributed by atoms with Crippen molar-refractivity contribution in [3.63, 3.8) is 0 Å². The van der Waals surface area contributed by atoms with Gasteiger partial charge in [-0.1, -0.05) is 6.58 Å². The number of ether oxygens (including phenoxy) is 3. The Hall–Kier alpha value is -2.00. The highest BCUT2D eigenvalue weighted by Crippen LogP contribution is 2.04. The number of amides is 1. The van der Waals surface area contributed by atoms with Crippen molar-refractivity contribution in [2.75, 3.05) is 26.4 Å². The third kappa shape index (κ3) is 9.16. The van der Waals surface area contributed by atoms with Gasteiger partial charge < -0.3 is 24.8 Å². The first kappa shape index (κ1) is 21.0. The lowest BCUT2D eigenvalue weighted by molar-refractivity contribution is -0.144. The number of hydrogen-bond donors (Lipinski definition) is 2. The zero-order valence-corrected chi connectivity index (χ0v) is 15.1. The van der Waals surface area contributed by atoms with Gasteiger partial charge in [0.05, 0.1) is 13.2 Å². The van der Waals surface area contributed by atoms with E-state index in [9.17, 15) is 14.4 Å². The summed E-state index contributed by atoms with van der Waals surface area (Å²) >= 11 is 4.83. The molecule has 2 N–H and O–H groups in total. The quantitative estimate of drug-likeness (QED) is 0.222. The van der Waals surface area contributed by atoms with Crippen LogP contribution in [0.15, 0.2) is 12.2 Å². The SMILES string of the molecule is C=C(C)C(=O)OCCOCCCC(=O)OCCCC1NC(=S)NC1=O. The second-order valence-corrected chi connectivity index (χ2v) is 5.92. The molecule has 25 heavy (non-hydrogen) atoms. The summed E-state index contributed by atoms with van der Waals surface area (Å²) in [6, 6.07) is -0.349. The van der Waals surface area contributed by atoms with E-state index in [1.54, 1.807) is 6.92 Å². The van der Waals surface area contributed by atoms with Gasteiger partial charge >= 0.3 is 11.9 Å². The summed E-state index contributed by atoms with van der Waals surface area (Å²) in [7, 11) is 0. The van der Waals surface area contributed by atoms with Crippen LogP contribution in [0.1, 0.15) is 32.6 Å². The Kier molecular flexibility index (Phi) is 9.71. The molecule has 140 valence electrons. The zero-order valence-electron chi connectivity index (χ0n) is 14.3. The largest absolute Gasteiger partial charge is 0.466 e. The molecular formula is C16H24N2O6S. The van der Waals surface area contributed by atoms with E-state index >= 15 is 0 Å². The van der Waals surface area contributed by atoms with Crippen molar-refractivity contribution >= 4 is 35.2 Å². The molecule has 1 saturated heterocycles. The van der Waals surface area contributed by atoms with Gasteiger partial charge in [-0.2, -0.15) is 0 Å². The molecule has 1 amide bonds. The number of hydrogen-bond acceptors (Lipinski definition) is 7. The van der Waals surface area contributed by atoms with Gasteiger partial charge in [-0.3, -0.25) is 9.59 Å². The van der Waals surface area contributed by atoms with Gasteiger partial charge in [0.1, 0.15) is 12.6 Å². The van der Waals surface area contributed by atoms with Crippen LogP contribution < -0.4 is 10.6 Å². The third-order valence-electron chi connectivity index (χ3n) is 3.24. The van der Waals surface area contributed by atoms with Crippen LogP contribution in [0.5, 0.6) is 0 Å². The summed E-state index contributed by atoms with van der Waals surface area (Å²) in [5, 5.41) is 5.68. The Balaban J connectivity index is 1.92. The number of carbonyl (C=O) groups is 3. The lowest BCUT2D eigenvalue weighted by Gasteiger charge is -2.08. The molecule has 9 heteroatoms. The van der Waals surface area contributed by atoms with Crippen molar-refractivity contribution in [2.45, 2.75) is 38.6 Å². The molecule has 0 aromatic heterocycles. The minimum atomic E-state index is -0.445. The maximum atomic E-state index is 11.5. The normalized spacial score (nSPS) is 16.1. The van der Waals surface area contributed by atoms with E-state index < -0.39 is 5.97 Å². The second kappa shape index (κ2) is 11.5. The van der Waals surface area contributed by atoms with Gasteiger partial charge in [-0.25, -0.2) is 4.79 Å². The fourth-order valence-electron chi connectivity index (χ4n) is 1.94. The fourth-order valence-corrected chi connectivity index (χ4v) is 2.19. The van der Waals surface area contributed by atoms with Crippen molar-refractivity contribution in [1.82, 2.24) is 10.6 Å². The summed E-state index contributed by atoms with van der Waals surface area (Å²) in [6.07, 6.45) is 1.89. The molecule has 1 aliphatic heterocycles. The number of rotatable bonds is 12. The first-order chi connectivity index (χ1) is 11.9. The second-order valence-electron chi connectivity index (χ2n) is 5.51. The van der Waals surface area contributed by atoms with Gasteiger partial charge in [0.15, 0.2) is 5.11 Å². The monoisotopic (exact) mass is 372 g/mol.